The number of aromatic nitrogens is 1. The number of esters is 1. The molecule has 9 nitrogen and oxygen atoms in total. The Balaban J connectivity index is 1.57. The summed E-state index contributed by atoms with van der Waals surface area (Å²) in [7, 11) is 3.21. The molecule has 2 bridgehead atoms. The molecule has 1 saturated heterocycles. The van der Waals surface area contributed by atoms with Gasteiger partial charge in [-0.2, -0.15) is 0 Å². The van der Waals surface area contributed by atoms with Gasteiger partial charge in [-0.25, -0.2) is 0 Å². The number of aromatic hydroxyl groups is 2. The van der Waals surface area contributed by atoms with Gasteiger partial charge >= 0.3 is 5.97 Å². The van der Waals surface area contributed by atoms with Crippen molar-refractivity contribution in [1.29, 1.82) is 0 Å². The molecule has 0 radical (unpaired) electrons. The zero-order valence-corrected chi connectivity index (χ0v) is 22.2. The zero-order valence-electron chi connectivity index (χ0n) is 22.2. The van der Waals surface area contributed by atoms with E-state index in [1.807, 2.05) is 78.9 Å². The Morgan fingerprint density at radius 2 is 1.23 bits per heavy atom. The summed E-state index contributed by atoms with van der Waals surface area (Å²) in [4.78, 5) is 14.8. The van der Waals surface area contributed by atoms with E-state index in [1.165, 1.54) is 6.92 Å². The van der Waals surface area contributed by atoms with Gasteiger partial charge in [0.1, 0.15) is 35.4 Å². The fourth-order valence-electron chi connectivity index (χ4n) is 5.88. The maximum atomic E-state index is 12.3. The molecule has 3 heterocycles. The summed E-state index contributed by atoms with van der Waals surface area (Å²) < 4.78 is 30.0. The maximum absolute atomic E-state index is 12.3. The predicted molar refractivity (Wildman–Crippen MR) is 143 cm³/mol. The number of methoxy groups -OCH3 is 2. The molecule has 4 atom stereocenters. The second kappa shape index (κ2) is 9.93. The first-order valence-electron chi connectivity index (χ1n) is 12.9. The maximum Gasteiger partial charge on any atom is 0.303 e. The molecule has 1 aromatic heterocycles. The summed E-state index contributed by atoms with van der Waals surface area (Å²) in [5.41, 5.74) is 1.93. The van der Waals surface area contributed by atoms with Gasteiger partial charge in [0.25, 0.3) is 0 Å². The number of benzene rings is 3. The van der Waals surface area contributed by atoms with Crippen molar-refractivity contribution in [1.82, 2.24) is 4.98 Å². The van der Waals surface area contributed by atoms with Crippen LogP contribution in [0.4, 0.5) is 0 Å². The number of aromatic amines is 1. The van der Waals surface area contributed by atoms with Crippen molar-refractivity contribution in [2.24, 2.45) is 0 Å². The van der Waals surface area contributed by atoms with E-state index in [1.54, 1.807) is 14.2 Å². The van der Waals surface area contributed by atoms with Crippen molar-refractivity contribution in [3.8, 4) is 23.3 Å². The molecule has 4 aromatic rings. The smallest absolute Gasteiger partial charge is 0.303 e. The lowest BCUT2D eigenvalue weighted by Gasteiger charge is -2.41. The van der Waals surface area contributed by atoms with E-state index in [2.05, 4.69) is 4.98 Å². The number of rotatable bonds is 8. The summed E-state index contributed by atoms with van der Waals surface area (Å²) >= 11 is 0. The van der Waals surface area contributed by atoms with E-state index in [9.17, 15) is 15.0 Å². The molecule has 4 unspecified atom stereocenters. The first kappa shape index (κ1) is 25.8. The number of nitrogens with one attached hydrogen (secondary N) is 1. The Bertz CT molecular complexity index is 1470. The Morgan fingerprint density at radius 3 is 1.70 bits per heavy atom. The molecule has 3 aromatic carbocycles. The van der Waals surface area contributed by atoms with E-state index in [-0.39, 0.29) is 11.8 Å². The normalized spacial score (nSPS) is 21.2. The van der Waals surface area contributed by atoms with Gasteiger partial charge in [-0.3, -0.25) is 9.78 Å². The summed E-state index contributed by atoms with van der Waals surface area (Å²) in [5, 5.41) is 21.1. The van der Waals surface area contributed by atoms with Crippen LogP contribution in [0.15, 0.2) is 78.9 Å². The molecule has 0 amide bonds. The first-order chi connectivity index (χ1) is 19.4. The Kier molecular flexibility index (Phi) is 6.40. The SMILES string of the molecule is COc1ccc(C(OC2C3OC(c4c(O)[nH]c(O)c43)C2OC(C)=O)(c2ccccc2)c2ccc(OC)cc2)cc1. The fraction of sp³-hybridized carbons (Fsp3) is 0.258. The van der Waals surface area contributed by atoms with E-state index in [0.717, 1.165) is 16.7 Å². The molecule has 0 aliphatic carbocycles. The molecule has 9 heteroatoms. The van der Waals surface area contributed by atoms with Crippen molar-refractivity contribution < 1.29 is 38.7 Å². The largest absolute Gasteiger partial charge is 0.497 e. The highest BCUT2D eigenvalue weighted by Gasteiger charge is 2.60. The monoisotopic (exact) mass is 543 g/mol. The highest BCUT2D eigenvalue weighted by atomic mass is 16.6. The number of H-pyrrole nitrogens is 1. The Hall–Kier alpha value is -4.47. The lowest BCUT2D eigenvalue weighted by atomic mass is 9.79. The van der Waals surface area contributed by atoms with Crippen LogP contribution < -0.4 is 9.47 Å². The van der Waals surface area contributed by atoms with Crippen LogP contribution in [0.2, 0.25) is 0 Å². The van der Waals surface area contributed by atoms with Crippen LogP contribution >= 0.6 is 0 Å². The second-order valence-electron chi connectivity index (χ2n) is 9.79. The molecule has 0 spiro atoms. The van der Waals surface area contributed by atoms with Crippen LogP contribution in [0.1, 0.15) is 46.9 Å². The van der Waals surface area contributed by atoms with Gasteiger partial charge in [-0.05, 0) is 41.0 Å². The minimum Gasteiger partial charge on any atom is -0.497 e. The number of ether oxygens (including phenoxy) is 5. The van der Waals surface area contributed by atoms with Gasteiger partial charge in [0.2, 0.25) is 0 Å². The minimum absolute atomic E-state index is 0.214. The number of hydrogen-bond acceptors (Lipinski definition) is 8. The molecule has 1 fully saturated rings. The summed E-state index contributed by atoms with van der Waals surface area (Å²) in [6.07, 6.45) is -3.39. The van der Waals surface area contributed by atoms with E-state index in [0.29, 0.717) is 22.6 Å². The standard InChI is InChI=1S/C31H29NO8/c1-17(33)38-27-25-23-24(30(35)32-29(23)34)26(39-25)28(27)40-31(18-7-5-4-6-8-18,19-9-13-21(36-2)14-10-19)20-11-15-22(37-3)16-12-20/h4-16,25-28,32,34-35H,1-3H3. The van der Waals surface area contributed by atoms with Crippen LogP contribution in [-0.4, -0.2) is 47.6 Å². The molecule has 40 heavy (non-hydrogen) atoms. The van der Waals surface area contributed by atoms with Crippen LogP contribution in [-0.2, 0) is 24.6 Å². The lowest BCUT2D eigenvalue weighted by Crippen LogP contribution is -2.44. The highest BCUT2D eigenvalue weighted by Crippen LogP contribution is 2.60. The third-order valence-corrected chi connectivity index (χ3v) is 7.61. The third kappa shape index (κ3) is 3.97. The molecule has 2 aliphatic heterocycles. The topological polar surface area (TPSA) is 119 Å². The lowest BCUT2D eigenvalue weighted by molar-refractivity contribution is -0.162. The van der Waals surface area contributed by atoms with Crippen molar-refractivity contribution in [3.05, 3.63) is 107 Å². The number of hydrogen-bond donors (Lipinski definition) is 3. The Morgan fingerprint density at radius 1 is 0.750 bits per heavy atom. The molecule has 6 rings (SSSR count). The molecule has 2 aliphatic rings. The zero-order chi connectivity index (χ0) is 28.0. The minimum atomic E-state index is -1.22. The van der Waals surface area contributed by atoms with E-state index >= 15 is 0 Å². The molecular weight excluding hydrogens is 514 g/mol. The first-order valence-corrected chi connectivity index (χ1v) is 12.9. The molecule has 3 N–H and O–H groups in total. The van der Waals surface area contributed by atoms with Gasteiger partial charge in [-0.15, -0.1) is 0 Å². The van der Waals surface area contributed by atoms with Crippen molar-refractivity contribution in [2.75, 3.05) is 14.2 Å². The number of carbonyl (C=O) groups excluding carboxylic acids is 1. The Labute approximate surface area is 230 Å². The third-order valence-electron chi connectivity index (χ3n) is 7.61. The van der Waals surface area contributed by atoms with Crippen LogP contribution in [0.25, 0.3) is 0 Å². The molecular formula is C31H29NO8. The average molecular weight is 544 g/mol. The van der Waals surface area contributed by atoms with Gasteiger partial charge < -0.3 is 33.9 Å². The van der Waals surface area contributed by atoms with Crippen LogP contribution in [0.5, 0.6) is 23.3 Å². The summed E-state index contributed by atoms with van der Waals surface area (Å²) in [6.45, 7) is 1.32. The van der Waals surface area contributed by atoms with E-state index < -0.39 is 36.0 Å². The van der Waals surface area contributed by atoms with Gasteiger partial charge in [0.15, 0.2) is 17.9 Å². The van der Waals surface area contributed by atoms with Gasteiger partial charge in [0, 0.05) is 6.92 Å². The summed E-state index contributed by atoms with van der Waals surface area (Å²) in [6, 6.07) is 24.8. The van der Waals surface area contributed by atoms with Crippen molar-refractivity contribution >= 4 is 5.97 Å². The average Bonchev–Trinajstić information content (AvgIpc) is 3.62. The predicted octanol–water partition coefficient (Wildman–Crippen LogP) is 4.88. The summed E-state index contributed by atoms with van der Waals surface area (Å²) in [5.74, 6) is 0.400. The van der Waals surface area contributed by atoms with E-state index in [4.69, 9.17) is 23.7 Å². The quantitative estimate of drug-likeness (QED) is 0.213. The fourth-order valence-corrected chi connectivity index (χ4v) is 5.88. The highest BCUT2D eigenvalue weighted by molar-refractivity contribution is 5.67. The van der Waals surface area contributed by atoms with Crippen molar-refractivity contribution in [3.63, 3.8) is 0 Å². The second-order valence-corrected chi connectivity index (χ2v) is 9.79. The van der Waals surface area contributed by atoms with Crippen LogP contribution in [0.3, 0.4) is 0 Å². The number of fused-ring (bicyclic) bond motifs is 5. The van der Waals surface area contributed by atoms with Gasteiger partial charge in [-0.1, -0.05) is 54.6 Å². The molecule has 0 saturated carbocycles. The molecule has 206 valence electrons. The van der Waals surface area contributed by atoms with Crippen LogP contribution in [0, 0.1) is 0 Å². The van der Waals surface area contributed by atoms with Gasteiger partial charge in [0.05, 0.1) is 25.3 Å². The number of carbonyl (C=O) groups is 1. The van der Waals surface area contributed by atoms with Crippen molar-refractivity contribution in [2.45, 2.75) is 36.9 Å².